The molecule has 32 heavy (non-hydrogen) atoms. The van der Waals surface area contributed by atoms with Crippen molar-refractivity contribution >= 4 is 11.0 Å². The van der Waals surface area contributed by atoms with Crippen LogP contribution in [0.25, 0.3) is 33.5 Å². The second-order valence-electron chi connectivity index (χ2n) is 7.93. The van der Waals surface area contributed by atoms with Gasteiger partial charge in [-0.15, -0.1) is 0 Å². The fraction of sp³-hybridized carbons (Fsp3) is 0.154. The van der Waals surface area contributed by atoms with E-state index in [1.54, 1.807) is 6.92 Å². The van der Waals surface area contributed by atoms with Crippen LogP contribution in [0.4, 0.5) is 0 Å². The highest BCUT2D eigenvalue weighted by atomic mass is 16.5. The second kappa shape index (κ2) is 8.69. The lowest BCUT2D eigenvalue weighted by atomic mass is 10.0. The lowest BCUT2D eigenvalue weighted by Gasteiger charge is -2.16. The maximum absolute atomic E-state index is 5.06. The van der Waals surface area contributed by atoms with Crippen molar-refractivity contribution < 1.29 is 4.52 Å². The number of nitrogens with zero attached hydrogens (tertiary/aromatic N) is 5. The van der Waals surface area contributed by atoms with Crippen LogP contribution in [0.15, 0.2) is 83.5 Å². The summed E-state index contributed by atoms with van der Waals surface area (Å²) < 4.78 is 5.06. The quantitative estimate of drug-likeness (QED) is 0.371. The molecule has 0 bridgehead atoms. The van der Waals surface area contributed by atoms with E-state index in [1.165, 1.54) is 11.1 Å². The third kappa shape index (κ3) is 4.40. The van der Waals surface area contributed by atoms with Gasteiger partial charge in [-0.25, -0.2) is 4.98 Å². The molecule has 0 saturated carbocycles. The van der Waals surface area contributed by atoms with Gasteiger partial charge in [-0.2, -0.15) is 4.98 Å². The standard InChI is InChI=1S/C26H23N5O/c1-18-28-26(30-32-18)22-13-11-21(12-14-22)20-9-7-19(8-10-20)16-31(2)17-23-15-27-24-5-3-4-6-25(24)29-23/h3-15H,16-17H2,1-2H3. The van der Waals surface area contributed by atoms with Gasteiger partial charge in [0.25, 0.3) is 0 Å². The third-order valence-electron chi connectivity index (χ3n) is 5.34. The molecule has 6 heteroatoms. The molecule has 0 saturated heterocycles. The first kappa shape index (κ1) is 20.0. The van der Waals surface area contributed by atoms with Crippen molar-refractivity contribution in [2.24, 2.45) is 0 Å². The van der Waals surface area contributed by atoms with Gasteiger partial charge in [-0.05, 0) is 35.9 Å². The zero-order valence-electron chi connectivity index (χ0n) is 18.1. The zero-order valence-corrected chi connectivity index (χ0v) is 18.1. The molecular weight excluding hydrogens is 398 g/mol. The highest BCUT2D eigenvalue weighted by Crippen LogP contribution is 2.24. The molecule has 0 aliphatic carbocycles. The van der Waals surface area contributed by atoms with Crippen molar-refractivity contribution in [1.29, 1.82) is 0 Å². The molecule has 0 aliphatic heterocycles. The van der Waals surface area contributed by atoms with Crippen molar-refractivity contribution in [2.45, 2.75) is 20.0 Å². The predicted octanol–water partition coefficient (Wildman–Crippen LogP) is 5.29. The first-order valence-corrected chi connectivity index (χ1v) is 10.5. The molecule has 0 radical (unpaired) electrons. The van der Waals surface area contributed by atoms with E-state index in [4.69, 9.17) is 9.51 Å². The fourth-order valence-corrected chi connectivity index (χ4v) is 3.75. The molecule has 2 heterocycles. The monoisotopic (exact) mass is 421 g/mol. The number of aryl methyl sites for hydroxylation is 1. The lowest BCUT2D eigenvalue weighted by molar-refractivity contribution is 0.315. The lowest BCUT2D eigenvalue weighted by Crippen LogP contribution is -2.18. The Kier molecular flexibility index (Phi) is 5.44. The molecule has 5 aromatic rings. The summed E-state index contributed by atoms with van der Waals surface area (Å²) in [5.41, 5.74) is 7.36. The van der Waals surface area contributed by atoms with Gasteiger partial charge in [-0.1, -0.05) is 65.8 Å². The highest BCUT2D eigenvalue weighted by Gasteiger charge is 2.08. The van der Waals surface area contributed by atoms with E-state index in [-0.39, 0.29) is 0 Å². The Balaban J connectivity index is 1.24. The van der Waals surface area contributed by atoms with Crippen LogP contribution in [-0.2, 0) is 13.1 Å². The van der Waals surface area contributed by atoms with Gasteiger partial charge in [0.2, 0.25) is 11.7 Å². The number of rotatable bonds is 6. The van der Waals surface area contributed by atoms with Gasteiger partial charge in [0.05, 0.1) is 22.9 Å². The number of hydrogen-bond acceptors (Lipinski definition) is 6. The van der Waals surface area contributed by atoms with Crippen LogP contribution in [-0.4, -0.2) is 32.1 Å². The normalized spacial score (nSPS) is 11.3. The van der Waals surface area contributed by atoms with Gasteiger partial charge in [0, 0.05) is 25.6 Å². The molecular formula is C26H23N5O. The zero-order chi connectivity index (χ0) is 21.9. The first-order chi connectivity index (χ1) is 15.6. The summed E-state index contributed by atoms with van der Waals surface area (Å²) in [5, 5.41) is 3.97. The summed E-state index contributed by atoms with van der Waals surface area (Å²) in [7, 11) is 2.10. The molecule has 0 atom stereocenters. The van der Waals surface area contributed by atoms with Gasteiger partial charge in [0.1, 0.15) is 0 Å². The van der Waals surface area contributed by atoms with Crippen LogP contribution in [0.1, 0.15) is 17.1 Å². The van der Waals surface area contributed by atoms with Crippen LogP contribution in [0, 0.1) is 6.92 Å². The Morgan fingerprint density at radius 1 is 0.750 bits per heavy atom. The van der Waals surface area contributed by atoms with Gasteiger partial charge in [-0.3, -0.25) is 9.88 Å². The van der Waals surface area contributed by atoms with E-state index in [9.17, 15) is 0 Å². The van der Waals surface area contributed by atoms with E-state index in [0.29, 0.717) is 11.7 Å². The average molecular weight is 422 g/mol. The molecule has 0 spiro atoms. The van der Waals surface area contributed by atoms with Crippen molar-refractivity contribution in [3.63, 3.8) is 0 Å². The van der Waals surface area contributed by atoms with Crippen molar-refractivity contribution in [1.82, 2.24) is 25.0 Å². The number of benzene rings is 3. The molecule has 2 aromatic heterocycles. The van der Waals surface area contributed by atoms with E-state index in [0.717, 1.165) is 40.9 Å². The predicted molar refractivity (Wildman–Crippen MR) is 125 cm³/mol. The van der Waals surface area contributed by atoms with Gasteiger partial charge >= 0.3 is 0 Å². The average Bonchev–Trinajstić information content (AvgIpc) is 3.26. The molecule has 5 rings (SSSR count). The SMILES string of the molecule is Cc1nc(-c2ccc(-c3ccc(CN(C)Cc4cnc5ccccc5n4)cc3)cc2)no1. The van der Waals surface area contributed by atoms with Crippen molar-refractivity contribution in [3.8, 4) is 22.5 Å². The van der Waals surface area contributed by atoms with E-state index in [1.807, 2.05) is 42.6 Å². The minimum Gasteiger partial charge on any atom is -0.339 e. The maximum atomic E-state index is 5.06. The van der Waals surface area contributed by atoms with Crippen LogP contribution < -0.4 is 0 Å². The summed E-state index contributed by atoms with van der Waals surface area (Å²) in [6.07, 6.45) is 1.86. The Labute approximate surface area is 186 Å². The number of aromatic nitrogens is 4. The summed E-state index contributed by atoms with van der Waals surface area (Å²) in [4.78, 5) is 15.8. The smallest absolute Gasteiger partial charge is 0.223 e. The first-order valence-electron chi connectivity index (χ1n) is 10.5. The van der Waals surface area contributed by atoms with Crippen molar-refractivity contribution in [2.75, 3.05) is 7.05 Å². The van der Waals surface area contributed by atoms with Crippen LogP contribution in [0.3, 0.4) is 0 Å². The summed E-state index contributed by atoms with van der Waals surface area (Å²) >= 11 is 0. The number of hydrogen-bond donors (Lipinski definition) is 0. The molecule has 0 amide bonds. The number of fused-ring (bicyclic) bond motifs is 1. The van der Waals surface area contributed by atoms with Gasteiger partial charge in [0.15, 0.2) is 0 Å². The molecule has 6 nitrogen and oxygen atoms in total. The van der Waals surface area contributed by atoms with Crippen molar-refractivity contribution in [3.05, 3.63) is 96.1 Å². The molecule has 0 N–H and O–H groups in total. The van der Waals surface area contributed by atoms with Crippen LogP contribution >= 0.6 is 0 Å². The number of para-hydroxylation sites is 2. The second-order valence-corrected chi connectivity index (χ2v) is 7.93. The third-order valence-corrected chi connectivity index (χ3v) is 5.34. The van der Waals surface area contributed by atoms with E-state index in [2.05, 4.69) is 63.5 Å². The largest absolute Gasteiger partial charge is 0.339 e. The highest BCUT2D eigenvalue weighted by molar-refractivity contribution is 5.73. The molecule has 158 valence electrons. The Morgan fingerprint density at radius 3 is 2.09 bits per heavy atom. The maximum Gasteiger partial charge on any atom is 0.223 e. The van der Waals surface area contributed by atoms with E-state index < -0.39 is 0 Å². The molecule has 0 unspecified atom stereocenters. The Hall–Kier alpha value is -3.90. The van der Waals surface area contributed by atoms with Crippen LogP contribution in [0.5, 0.6) is 0 Å². The molecule has 0 fully saturated rings. The van der Waals surface area contributed by atoms with Gasteiger partial charge < -0.3 is 4.52 Å². The molecule has 0 aliphatic rings. The summed E-state index contributed by atoms with van der Waals surface area (Å²) in [6.45, 7) is 3.38. The summed E-state index contributed by atoms with van der Waals surface area (Å²) in [5.74, 6) is 1.18. The Bertz CT molecular complexity index is 1340. The minimum absolute atomic E-state index is 0.567. The fourth-order valence-electron chi connectivity index (χ4n) is 3.75. The minimum atomic E-state index is 0.567. The Morgan fingerprint density at radius 2 is 1.41 bits per heavy atom. The topological polar surface area (TPSA) is 67.9 Å². The molecule has 3 aromatic carbocycles. The van der Waals surface area contributed by atoms with E-state index >= 15 is 0 Å². The van der Waals surface area contributed by atoms with Crippen LogP contribution in [0.2, 0.25) is 0 Å². The summed E-state index contributed by atoms with van der Waals surface area (Å²) in [6, 6.07) is 24.8.